The van der Waals surface area contributed by atoms with Crippen molar-refractivity contribution in [1.29, 1.82) is 0 Å². The number of hydrogen-bond donors (Lipinski definition) is 2. The Morgan fingerprint density at radius 3 is 2.79 bits per heavy atom. The van der Waals surface area contributed by atoms with Crippen LogP contribution in [0.3, 0.4) is 0 Å². The Labute approximate surface area is 123 Å². The molecule has 0 aliphatic rings. The summed E-state index contributed by atoms with van der Waals surface area (Å²) in [7, 11) is 0. The molecule has 0 aliphatic heterocycles. The Balaban J connectivity index is 1.97. The molecule has 98 valence electrons. The van der Waals surface area contributed by atoms with Crippen molar-refractivity contribution in [3.63, 3.8) is 0 Å². The van der Waals surface area contributed by atoms with Crippen molar-refractivity contribution in [2.45, 2.75) is 13.5 Å². The summed E-state index contributed by atoms with van der Waals surface area (Å²) < 4.78 is 8.39. The number of H-pyrrole nitrogens is 1. The van der Waals surface area contributed by atoms with Gasteiger partial charge in [0, 0.05) is 5.69 Å². The van der Waals surface area contributed by atoms with E-state index in [-0.39, 0.29) is 0 Å². The number of halogens is 2. The van der Waals surface area contributed by atoms with Crippen molar-refractivity contribution in [2.24, 2.45) is 0 Å². The van der Waals surface area contributed by atoms with E-state index < -0.39 is 0 Å². The first kappa shape index (κ1) is 12.7. The van der Waals surface area contributed by atoms with Crippen LogP contribution < -0.4 is 5.32 Å². The first-order valence-corrected chi connectivity index (χ1v) is 6.98. The second-order valence-corrected chi connectivity index (χ2v) is 5.35. The molecular formula is C11H9Cl2N5S. The van der Waals surface area contributed by atoms with Crippen LogP contribution in [0.2, 0.25) is 10.0 Å². The average Bonchev–Trinajstić information content (AvgIpc) is 2.98. The maximum absolute atomic E-state index is 6.21. The van der Waals surface area contributed by atoms with E-state index in [2.05, 4.69) is 24.0 Å². The summed E-state index contributed by atoms with van der Waals surface area (Å²) in [6.45, 7) is 2.52. The van der Waals surface area contributed by atoms with E-state index in [0.29, 0.717) is 27.6 Å². The summed E-state index contributed by atoms with van der Waals surface area (Å²) in [6, 6.07) is 1.67. The Morgan fingerprint density at radius 1 is 1.26 bits per heavy atom. The van der Waals surface area contributed by atoms with Gasteiger partial charge in [0.15, 0.2) is 0 Å². The number of aromatic nitrogens is 4. The third-order valence-corrected chi connectivity index (χ3v) is 3.93. The molecule has 0 saturated carbocycles. The van der Waals surface area contributed by atoms with Crippen LogP contribution in [0.1, 0.15) is 11.4 Å². The van der Waals surface area contributed by atoms with E-state index in [9.17, 15) is 0 Å². The molecule has 3 aromatic rings. The molecule has 2 heterocycles. The number of aromatic amines is 1. The highest BCUT2D eigenvalue weighted by molar-refractivity contribution is 7.00. The minimum atomic E-state index is 0.509. The second-order valence-electron chi connectivity index (χ2n) is 4.00. The molecule has 0 saturated heterocycles. The predicted octanol–water partition coefficient (Wildman–Crippen LogP) is 3.64. The molecule has 5 nitrogen and oxygen atoms in total. The van der Waals surface area contributed by atoms with Gasteiger partial charge in [0.1, 0.15) is 11.0 Å². The molecule has 0 unspecified atom stereocenters. The fraction of sp³-hybridized carbons (Fsp3) is 0.182. The van der Waals surface area contributed by atoms with Crippen LogP contribution in [-0.2, 0) is 6.54 Å². The van der Waals surface area contributed by atoms with E-state index >= 15 is 0 Å². The van der Waals surface area contributed by atoms with Crippen molar-refractivity contribution in [3.8, 4) is 0 Å². The fourth-order valence-corrected chi connectivity index (χ4v) is 2.96. The zero-order valence-electron chi connectivity index (χ0n) is 9.87. The van der Waals surface area contributed by atoms with Gasteiger partial charge >= 0.3 is 0 Å². The third-order valence-electron chi connectivity index (χ3n) is 2.81. The molecule has 0 atom stereocenters. The van der Waals surface area contributed by atoms with E-state index in [0.717, 1.165) is 28.8 Å². The number of hydrogen-bond acceptors (Lipinski definition) is 5. The molecule has 2 aromatic heterocycles. The molecule has 0 bridgehead atoms. The summed E-state index contributed by atoms with van der Waals surface area (Å²) in [5.74, 6) is 0. The number of nitrogens with one attached hydrogen (secondary N) is 2. The number of rotatable bonds is 3. The molecule has 3 rings (SSSR count). The van der Waals surface area contributed by atoms with Crippen molar-refractivity contribution >= 4 is 51.7 Å². The van der Waals surface area contributed by atoms with Crippen molar-refractivity contribution in [1.82, 2.24) is 18.7 Å². The van der Waals surface area contributed by atoms with Crippen LogP contribution in [0.25, 0.3) is 11.0 Å². The van der Waals surface area contributed by atoms with Crippen LogP contribution in [-0.4, -0.2) is 18.7 Å². The van der Waals surface area contributed by atoms with Gasteiger partial charge < -0.3 is 10.3 Å². The number of aryl methyl sites for hydroxylation is 1. The lowest BCUT2D eigenvalue weighted by molar-refractivity contribution is 1.05. The summed E-state index contributed by atoms with van der Waals surface area (Å²) in [6.07, 6.45) is 1.66. The van der Waals surface area contributed by atoms with Gasteiger partial charge in [-0.25, -0.2) is 4.98 Å². The second kappa shape index (κ2) is 4.96. The minimum absolute atomic E-state index is 0.509. The first-order chi connectivity index (χ1) is 9.16. The highest BCUT2D eigenvalue weighted by atomic mass is 35.5. The van der Waals surface area contributed by atoms with Gasteiger partial charge in [-0.2, -0.15) is 8.75 Å². The van der Waals surface area contributed by atoms with Crippen molar-refractivity contribution in [2.75, 3.05) is 5.32 Å². The van der Waals surface area contributed by atoms with E-state index in [1.807, 2.05) is 6.92 Å². The van der Waals surface area contributed by atoms with Gasteiger partial charge in [-0.15, -0.1) is 0 Å². The van der Waals surface area contributed by atoms with Crippen molar-refractivity contribution in [3.05, 3.63) is 33.8 Å². The van der Waals surface area contributed by atoms with Crippen LogP contribution in [0.5, 0.6) is 0 Å². The number of imidazole rings is 1. The Bertz CT molecular complexity index is 736. The predicted molar refractivity (Wildman–Crippen MR) is 78.1 cm³/mol. The molecule has 0 spiro atoms. The summed E-state index contributed by atoms with van der Waals surface area (Å²) in [5, 5.41) is 4.28. The number of benzene rings is 1. The van der Waals surface area contributed by atoms with E-state index in [4.69, 9.17) is 23.2 Å². The van der Waals surface area contributed by atoms with Gasteiger partial charge in [-0.05, 0) is 13.0 Å². The van der Waals surface area contributed by atoms with Crippen LogP contribution in [0.15, 0.2) is 12.4 Å². The van der Waals surface area contributed by atoms with Gasteiger partial charge in [-0.1, -0.05) is 23.2 Å². The van der Waals surface area contributed by atoms with Crippen LogP contribution >= 0.6 is 34.9 Å². The summed E-state index contributed by atoms with van der Waals surface area (Å²) in [5.41, 5.74) is 4.04. The maximum Gasteiger partial charge on any atom is 0.130 e. The van der Waals surface area contributed by atoms with Crippen LogP contribution in [0, 0.1) is 6.92 Å². The highest BCUT2D eigenvalue weighted by Gasteiger charge is 2.14. The highest BCUT2D eigenvalue weighted by Crippen LogP contribution is 2.35. The fourth-order valence-electron chi connectivity index (χ4n) is 1.78. The Hall–Kier alpha value is -1.37. The molecule has 0 aliphatic carbocycles. The van der Waals surface area contributed by atoms with E-state index in [1.54, 1.807) is 12.4 Å². The topological polar surface area (TPSA) is 66.5 Å². The lowest BCUT2D eigenvalue weighted by atomic mass is 10.2. The Morgan fingerprint density at radius 2 is 2.05 bits per heavy atom. The average molecular weight is 314 g/mol. The SMILES string of the molecule is Cc1[nH]cnc1CNc1c(Cl)cc(Cl)c2nsnc12. The number of anilines is 1. The molecule has 19 heavy (non-hydrogen) atoms. The molecule has 2 N–H and O–H groups in total. The van der Waals surface area contributed by atoms with Gasteiger partial charge in [0.2, 0.25) is 0 Å². The summed E-state index contributed by atoms with van der Waals surface area (Å²) >= 11 is 13.4. The number of nitrogens with zero attached hydrogens (tertiary/aromatic N) is 3. The molecule has 0 radical (unpaired) electrons. The molecular weight excluding hydrogens is 305 g/mol. The lowest BCUT2D eigenvalue weighted by Gasteiger charge is -2.08. The van der Waals surface area contributed by atoms with E-state index in [1.165, 1.54) is 0 Å². The Kier molecular flexibility index (Phi) is 3.30. The number of fused-ring (bicyclic) bond motifs is 1. The zero-order chi connectivity index (χ0) is 13.4. The molecule has 0 fully saturated rings. The normalized spacial score (nSPS) is 11.1. The zero-order valence-corrected chi connectivity index (χ0v) is 12.2. The van der Waals surface area contributed by atoms with Gasteiger partial charge in [0.25, 0.3) is 0 Å². The quantitative estimate of drug-likeness (QED) is 0.774. The smallest absolute Gasteiger partial charge is 0.130 e. The first-order valence-electron chi connectivity index (χ1n) is 5.50. The molecule has 1 aromatic carbocycles. The lowest BCUT2D eigenvalue weighted by Crippen LogP contribution is -2.02. The standard InChI is InChI=1S/C11H9Cl2N5S/c1-5-8(16-4-15-5)3-14-9-6(12)2-7(13)10-11(9)18-19-17-10/h2,4,14H,3H2,1H3,(H,15,16). The largest absolute Gasteiger partial charge is 0.376 e. The minimum Gasteiger partial charge on any atom is -0.376 e. The maximum atomic E-state index is 6.21. The summed E-state index contributed by atoms with van der Waals surface area (Å²) in [4.78, 5) is 7.25. The monoisotopic (exact) mass is 313 g/mol. The van der Waals surface area contributed by atoms with Gasteiger partial charge in [0.05, 0.1) is 46.0 Å². The molecule has 0 amide bonds. The molecule has 8 heteroatoms. The van der Waals surface area contributed by atoms with Crippen molar-refractivity contribution < 1.29 is 0 Å². The van der Waals surface area contributed by atoms with Crippen LogP contribution in [0.4, 0.5) is 5.69 Å². The third kappa shape index (κ3) is 2.27. The van der Waals surface area contributed by atoms with Gasteiger partial charge in [-0.3, -0.25) is 0 Å².